The Morgan fingerprint density at radius 1 is 1.33 bits per heavy atom. The number of rotatable bonds is 1. The zero-order chi connectivity index (χ0) is 19.3. The molecular formula is C20H13BrFN3O2. The molecule has 1 unspecified atom stereocenters. The summed E-state index contributed by atoms with van der Waals surface area (Å²) < 4.78 is 21.3. The van der Waals surface area contributed by atoms with Crippen molar-refractivity contribution in [3.05, 3.63) is 75.5 Å². The monoisotopic (exact) mass is 425 g/mol. The smallest absolute Gasteiger partial charge is 0.228 e. The minimum absolute atomic E-state index is 0.0260. The van der Waals surface area contributed by atoms with Crippen LogP contribution in [0.1, 0.15) is 28.9 Å². The molecule has 5 nitrogen and oxygen atoms in total. The molecule has 0 saturated carbocycles. The van der Waals surface area contributed by atoms with Gasteiger partial charge in [-0.1, -0.05) is 18.2 Å². The molecule has 0 saturated heterocycles. The van der Waals surface area contributed by atoms with Crippen LogP contribution in [-0.4, -0.2) is 10.5 Å². The number of carbonyl (C=O) groups is 1. The van der Waals surface area contributed by atoms with Crippen LogP contribution < -0.4 is 10.5 Å². The van der Waals surface area contributed by atoms with Gasteiger partial charge < -0.3 is 10.5 Å². The first-order valence-corrected chi connectivity index (χ1v) is 8.90. The topological polar surface area (TPSA) is 81.0 Å². The third-order valence-electron chi connectivity index (χ3n) is 4.62. The third kappa shape index (κ3) is 2.53. The molecule has 0 amide bonds. The lowest BCUT2D eigenvalue weighted by atomic mass is 9.87. The molecule has 1 aromatic heterocycles. The fourth-order valence-corrected chi connectivity index (χ4v) is 3.91. The molecule has 1 aliphatic heterocycles. The number of hydrogen-bond donors (Lipinski definition) is 1. The van der Waals surface area contributed by atoms with Crippen molar-refractivity contribution in [3.63, 3.8) is 0 Å². The second kappa shape index (κ2) is 6.25. The summed E-state index contributed by atoms with van der Waals surface area (Å²) in [6.07, 6.45) is 0. The molecule has 27 heavy (non-hydrogen) atoms. The summed E-state index contributed by atoms with van der Waals surface area (Å²) in [4.78, 5) is 12.5. The van der Waals surface area contributed by atoms with Crippen molar-refractivity contribution in [3.8, 4) is 11.8 Å². The van der Waals surface area contributed by atoms with E-state index in [1.807, 2.05) is 18.2 Å². The lowest BCUT2D eigenvalue weighted by molar-refractivity contribution is 0.0937. The molecule has 4 rings (SSSR count). The summed E-state index contributed by atoms with van der Waals surface area (Å²) in [5.74, 6) is -0.898. The Kier molecular flexibility index (Phi) is 4.01. The number of aromatic nitrogens is 1. The van der Waals surface area contributed by atoms with E-state index in [9.17, 15) is 14.4 Å². The van der Waals surface area contributed by atoms with Gasteiger partial charge in [0.25, 0.3) is 0 Å². The van der Waals surface area contributed by atoms with Crippen LogP contribution in [-0.2, 0) is 0 Å². The SMILES string of the molecule is CC(=O)n1c2c(c3ccccc31)OC(N)=C(C#N)C2c1ccc(F)c(Br)c1. The molecule has 3 aromatic rings. The summed E-state index contributed by atoms with van der Waals surface area (Å²) in [6.45, 7) is 1.44. The largest absolute Gasteiger partial charge is 0.438 e. The number of carbonyl (C=O) groups excluding carboxylic acids is 1. The number of hydrogen-bond acceptors (Lipinski definition) is 4. The average Bonchev–Trinajstić information content (AvgIpc) is 2.97. The van der Waals surface area contributed by atoms with E-state index >= 15 is 0 Å². The number of nitrogens with two attached hydrogens (primary N) is 1. The van der Waals surface area contributed by atoms with Crippen LogP contribution in [0.2, 0.25) is 0 Å². The van der Waals surface area contributed by atoms with Crippen molar-refractivity contribution in [1.82, 2.24) is 4.57 Å². The van der Waals surface area contributed by atoms with E-state index in [0.29, 0.717) is 27.9 Å². The molecule has 134 valence electrons. The van der Waals surface area contributed by atoms with E-state index in [-0.39, 0.29) is 21.8 Å². The molecule has 0 fully saturated rings. The van der Waals surface area contributed by atoms with Gasteiger partial charge in [-0.2, -0.15) is 5.26 Å². The number of benzene rings is 2. The highest BCUT2D eigenvalue weighted by atomic mass is 79.9. The van der Waals surface area contributed by atoms with Crippen LogP contribution in [0.4, 0.5) is 4.39 Å². The van der Waals surface area contributed by atoms with Crippen LogP contribution in [0, 0.1) is 17.1 Å². The number of fused-ring (bicyclic) bond motifs is 3. The predicted octanol–water partition coefficient (Wildman–Crippen LogP) is 4.42. The normalized spacial score (nSPS) is 16.0. The first-order valence-electron chi connectivity index (χ1n) is 8.10. The Bertz CT molecular complexity index is 1190. The Labute approximate surface area is 162 Å². The summed E-state index contributed by atoms with van der Waals surface area (Å²) in [5, 5.41) is 10.4. The van der Waals surface area contributed by atoms with E-state index in [1.54, 1.807) is 18.2 Å². The quantitative estimate of drug-likeness (QED) is 0.625. The molecule has 2 heterocycles. The van der Waals surface area contributed by atoms with Crippen molar-refractivity contribution in [1.29, 1.82) is 5.26 Å². The van der Waals surface area contributed by atoms with E-state index in [1.165, 1.54) is 17.6 Å². The van der Waals surface area contributed by atoms with Gasteiger partial charge in [0.05, 0.1) is 21.6 Å². The Balaban J connectivity index is 2.11. The molecule has 2 N–H and O–H groups in total. The van der Waals surface area contributed by atoms with Crippen LogP contribution in [0.15, 0.2) is 58.4 Å². The van der Waals surface area contributed by atoms with Crippen molar-refractivity contribution in [2.45, 2.75) is 12.8 Å². The maximum Gasteiger partial charge on any atom is 0.228 e. The fraction of sp³-hybridized carbons (Fsp3) is 0.100. The lowest BCUT2D eigenvalue weighted by Crippen LogP contribution is -2.24. The van der Waals surface area contributed by atoms with Gasteiger partial charge in [-0.05, 0) is 45.8 Å². The number of halogens is 2. The van der Waals surface area contributed by atoms with E-state index in [4.69, 9.17) is 10.5 Å². The van der Waals surface area contributed by atoms with Gasteiger partial charge in [-0.25, -0.2) is 4.39 Å². The molecular weight excluding hydrogens is 413 g/mol. The molecule has 1 aliphatic rings. The molecule has 1 atom stereocenters. The standard InChI is InChI=1S/C20H13BrFN3O2/c1-10(26)25-16-5-3-2-4-12(16)19-18(25)17(13(9-23)20(24)27-19)11-6-7-15(22)14(21)8-11/h2-8,17H,24H2,1H3. The molecule has 0 bridgehead atoms. The highest BCUT2D eigenvalue weighted by molar-refractivity contribution is 9.10. The number of para-hydroxylation sites is 1. The average molecular weight is 426 g/mol. The van der Waals surface area contributed by atoms with Crippen LogP contribution in [0.25, 0.3) is 10.9 Å². The second-order valence-corrected chi connectivity index (χ2v) is 7.04. The van der Waals surface area contributed by atoms with Crippen molar-refractivity contribution >= 4 is 32.7 Å². The minimum Gasteiger partial charge on any atom is -0.438 e. The zero-order valence-corrected chi connectivity index (χ0v) is 15.7. The Hall–Kier alpha value is -3.11. The highest BCUT2D eigenvalue weighted by Crippen LogP contribution is 2.47. The summed E-state index contributed by atoms with van der Waals surface area (Å²) in [6, 6.07) is 13.8. The number of nitrogens with zero attached hydrogens (tertiary/aromatic N) is 2. The van der Waals surface area contributed by atoms with Gasteiger partial charge in [0.15, 0.2) is 5.75 Å². The molecule has 7 heteroatoms. The van der Waals surface area contributed by atoms with E-state index in [0.717, 1.165) is 0 Å². The van der Waals surface area contributed by atoms with Crippen LogP contribution >= 0.6 is 15.9 Å². The Morgan fingerprint density at radius 2 is 2.07 bits per heavy atom. The van der Waals surface area contributed by atoms with Gasteiger partial charge in [-0.15, -0.1) is 0 Å². The summed E-state index contributed by atoms with van der Waals surface area (Å²) in [5.41, 5.74) is 7.99. The van der Waals surface area contributed by atoms with E-state index < -0.39 is 11.7 Å². The van der Waals surface area contributed by atoms with Crippen molar-refractivity contribution < 1.29 is 13.9 Å². The van der Waals surface area contributed by atoms with Gasteiger partial charge >= 0.3 is 0 Å². The van der Waals surface area contributed by atoms with Crippen molar-refractivity contribution in [2.75, 3.05) is 0 Å². The van der Waals surface area contributed by atoms with Gasteiger partial charge in [-0.3, -0.25) is 9.36 Å². The minimum atomic E-state index is -0.660. The molecule has 0 aliphatic carbocycles. The third-order valence-corrected chi connectivity index (χ3v) is 5.22. The maximum absolute atomic E-state index is 13.8. The predicted molar refractivity (Wildman–Crippen MR) is 102 cm³/mol. The van der Waals surface area contributed by atoms with E-state index in [2.05, 4.69) is 22.0 Å². The van der Waals surface area contributed by atoms with Crippen molar-refractivity contribution in [2.24, 2.45) is 5.73 Å². The lowest BCUT2D eigenvalue weighted by Gasteiger charge is -2.26. The van der Waals surface area contributed by atoms with Crippen LogP contribution in [0.3, 0.4) is 0 Å². The van der Waals surface area contributed by atoms with Gasteiger partial charge in [0.1, 0.15) is 17.5 Å². The molecule has 0 spiro atoms. The molecule has 2 aromatic carbocycles. The van der Waals surface area contributed by atoms with Crippen LogP contribution in [0.5, 0.6) is 5.75 Å². The Morgan fingerprint density at radius 3 is 2.74 bits per heavy atom. The second-order valence-electron chi connectivity index (χ2n) is 6.18. The summed E-state index contributed by atoms with van der Waals surface area (Å²) >= 11 is 3.18. The maximum atomic E-state index is 13.8. The fourth-order valence-electron chi connectivity index (χ4n) is 3.52. The first-order chi connectivity index (χ1) is 12.9. The zero-order valence-electron chi connectivity index (χ0n) is 14.2. The van der Waals surface area contributed by atoms with Gasteiger partial charge in [0, 0.05) is 12.3 Å². The number of ether oxygens (including phenoxy) is 1. The number of allylic oxidation sites excluding steroid dienone is 1. The number of nitriles is 1. The molecule has 0 radical (unpaired) electrons. The summed E-state index contributed by atoms with van der Waals surface area (Å²) in [7, 11) is 0. The van der Waals surface area contributed by atoms with Gasteiger partial charge in [0.2, 0.25) is 11.8 Å². The highest BCUT2D eigenvalue weighted by Gasteiger charge is 2.37. The first kappa shape index (κ1) is 17.3.